The fraction of sp³-hybridized carbons (Fsp3) is 0.462. The minimum Gasteiger partial charge on any atom is -0.494 e. The van der Waals surface area contributed by atoms with Gasteiger partial charge in [-0.15, -0.1) is 0 Å². The maximum absolute atomic E-state index is 13.5. The molecular formula is C13H15FO2. The molecule has 0 spiro atoms. The first kappa shape index (κ1) is 11.1. The summed E-state index contributed by atoms with van der Waals surface area (Å²) in [5.41, 5.74) is 0.978. The highest BCUT2D eigenvalue weighted by atomic mass is 19.1. The van der Waals surface area contributed by atoms with Gasteiger partial charge in [0.05, 0.1) is 7.11 Å². The standard InChI is InChI=1S/C13H15FO2/c1-16-13-7-4-10(8-12(13)14)9-2-5-11(15)6-3-9/h4,7-9H,2-3,5-6H2,1H3. The number of carbonyl (C=O) groups excluding carboxylic acids is 1. The van der Waals surface area contributed by atoms with Gasteiger partial charge in [-0.1, -0.05) is 6.07 Å². The van der Waals surface area contributed by atoms with E-state index in [1.807, 2.05) is 6.07 Å². The molecule has 0 heterocycles. The molecule has 0 unspecified atom stereocenters. The zero-order valence-corrected chi connectivity index (χ0v) is 9.33. The van der Waals surface area contributed by atoms with Gasteiger partial charge in [-0.2, -0.15) is 0 Å². The number of hydrogen-bond donors (Lipinski definition) is 0. The van der Waals surface area contributed by atoms with Gasteiger partial charge in [0.25, 0.3) is 0 Å². The lowest BCUT2D eigenvalue weighted by atomic mass is 9.83. The number of hydrogen-bond acceptors (Lipinski definition) is 2. The number of carbonyl (C=O) groups is 1. The lowest BCUT2D eigenvalue weighted by Crippen LogP contribution is -2.12. The number of Topliss-reactive ketones (excluding diaryl/α,β-unsaturated/α-hetero) is 1. The van der Waals surface area contributed by atoms with Gasteiger partial charge in [-0.3, -0.25) is 4.79 Å². The molecule has 0 N–H and O–H groups in total. The highest BCUT2D eigenvalue weighted by Crippen LogP contribution is 2.32. The minimum absolute atomic E-state index is 0.274. The van der Waals surface area contributed by atoms with Gasteiger partial charge >= 0.3 is 0 Å². The molecule has 0 aromatic heterocycles. The van der Waals surface area contributed by atoms with E-state index in [0.29, 0.717) is 24.5 Å². The Hall–Kier alpha value is -1.38. The van der Waals surface area contributed by atoms with Gasteiger partial charge in [0.2, 0.25) is 0 Å². The molecule has 0 atom stereocenters. The van der Waals surface area contributed by atoms with Crippen LogP contribution in [-0.2, 0) is 4.79 Å². The van der Waals surface area contributed by atoms with E-state index in [4.69, 9.17) is 4.74 Å². The average molecular weight is 222 g/mol. The Kier molecular flexibility index (Phi) is 3.22. The molecule has 1 aliphatic carbocycles. The van der Waals surface area contributed by atoms with Crippen LogP contribution in [-0.4, -0.2) is 12.9 Å². The summed E-state index contributed by atoms with van der Waals surface area (Å²) in [6.45, 7) is 0. The maximum atomic E-state index is 13.5. The van der Waals surface area contributed by atoms with Crippen LogP contribution in [0.1, 0.15) is 37.2 Å². The third-order valence-corrected chi connectivity index (χ3v) is 3.19. The van der Waals surface area contributed by atoms with Crippen molar-refractivity contribution in [2.75, 3.05) is 7.11 Å². The van der Waals surface area contributed by atoms with E-state index in [1.54, 1.807) is 6.07 Å². The highest BCUT2D eigenvalue weighted by Gasteiger charge is 2.20. The van der Waals surface area contributed by atoms with Gasteiger partial charge in [-0.05, 0) is 36.5 Å². The Bertz CT molecular complexity index is 391. The molecule has 0 saturated heterocycles. The van der Waals surface area contributed by atoms with E-state index in [0.717, 1.165) is 18.4 Å². The topological polar surface area (TPSA) is 26.3 Å². The molecule has 1 aromatic rings. The summed E-state index contributed by atoms with van der Waals surface area (Å²) < 4.78 is 18.4. The van der Waals surface area contributed by atoms with Crippen LogP contribution in [0.4, 0.5) is 4.39 Å². The van der Waals surface area contributed by atoms with Crippen LogP contribution in [0, 0.1) is 5.82 Å². The Balaban J connectivity index is 2.15. The van der Waals surface area contributed by atoms with Crippen molar-refractivity contribution in [3.8, 4) is 5.75 Å². The third-order valence-electron chi connectivity index (χ3n) is 3.19. The SMILES string of the molecule is COc1ccc(C2CCC(=O)CC2)cc1F. The molecule has 0 aliphatic heterocycles. The summed E-state index contributed by atoms with van der Waals surface area (Å²) in [5.74, 6) is 0.593. The molecule has 0 amide bonds. The molecule has 2 rings (SSSR count). The molecule has 1 aliphatic rings. The van der Waals surface area contributed by atoms with Crippen molar-refractivity contribution in [2.45, 2.75) is 31.6 Å². The van der Waals surface area contributed by atoms with E-state index in [-0.39, 0.29) is 11.6 Å². The minimum atomic E-state index is -0.322. The molecule has 0 bridgehead atoms. The summed E-state index contributed by atoms with van der Waals surface area (Å²) in [4.78, 5) is 11.1. The fourth-order valence-corrected chi connectivity index (χ4v) is 2.21. The zero-order chi connectivity index (χ0) is 11.5. The van der Waals surface area contributed by atoms with Crippen LogP contribution in [0.25, 0.3) is 0 Å². The van der Waals surface area contributed by atoms with Crippen molar-refractivity contribution in [2.24, 2.45) is 0 Å². The normalized spacial score (nSPS) is 17.5. The van der Waals surface area contributed by atoms with Gasteiger partial charge in [0.1, 0.15) is 5.78 Å². The second-order valence-corrected chi connectivity index (χ2v) is 4.21. The Morgan fingerprint density at radius 1 is 1.31 bits per heavy atom. The van der Waals surface area contributed by atoms with Crippen molar-refractivity contribution >= 4 is 5.78 Å². The fourth-order valence-electron chi connectivity index (χ4n) is 2.21. The smallest absolute Gasteiger partial charge is 0.165 e. The van der Waals surface area contributed by atoms with E-state index >= 15 is 0 Å². The molecular weight excluding hydrogens is 207 g/mol. The van der Waals surface area contributed by atoms with Gasteiger partial charge in [0, 0.05) is 12.8 Å². The second-order valence-electron chi connectivity index (χ2n) is 4.21. The van der Waals surface area contributed by atoms with Crippen molar-refractivity contribution < 1.29 is 13.9 Å². The second kappa shape index (κ2) is 4.64. The lowest BCUT2D eigenvalue weighted by molar-refractivity contribution is -0.120. The molecule has 1 fully saturated rings. The Labute approximate surface area is 94.4 Å². The summed E-state index contributed by atoms with van der Waals surface area (Å²) in [6.07, 6.45) is 2.92. The van der Waals surface area contributed by atoms with Gasteiger partial charge in [0.15, 0.2) is 11.6 Å². The van der Waals surface area contributed by atoms with E-state index in [1.165, 1.54) is 13.2 Å². The van der Waals surface area contributed by atoms with Gasteiger partial charge in [-0.25, -0.2) is 4.39 Å². The van der Waals surface area contributed by atoms with Crippen LogP contribution in [0.3, 0.4) is 0 Å². The largest absolute Gasteiger partial charge is 0.494 e. The monoisotopic (exact) mass is 222 g/mol. The number of methoxy groups -OCH3 is 1. The van der Waals surface area contributed by atoms with Crippen LogP contribution in [0.5, 0.6) is 5.75 Å². The number of benzene rings is 1. The van der Waals surface area contributed by atoms with E-state index in [2.05, 4.69) is 0 Å². The first-order valence-electron chi connectivity index (χ1n) is 5.56. The first-order chi connectivity index (χ1) is 7.70. The van der Waals surface area contributed by atoms with Crippen LogP contribution < -0.4 is 4.74 Å². The third kappa shape index (κ3) is 2.23. The first-order valence-corrected chi connectivity index (χ1v) is 5.56. The number of ether oxygens (including phenoxy) is 1. The molecule has 3 heteroatoms. The highest BCUT2D eigenvalue weighted by molar-refractivity contribution is 5.79. The Morgan fingerprint density at radius 3 is 2.56 bits per heavy atom. The van der Waals surface area contributed by atoms with Crippen molar-refractivity contribution in [3.63, 3.8) is 0 Å². The van der Waals surface area contributed by atoms with Crippen molar-refractivity contribution in [3.05, 3.63) is 29.6 Å². The predicted octanol–water partition coefficient (Wildman–Crippen LogP) is 3.06. The van der Waals surface area contributed by atoms with Gasteiger partial charge < -0.3 is 4.74 Å². The zero-order valence-electron chi connectivity index (χ0n) is 9.33. The van der Waals surface area contributed by atoms with E-state index in [9.17, 15) is 9.18 Å². The van der Waals surface area contributed by atoms with Crippen molar-refractivity contribution in [1.82, 2.24) is 0 Å². The van der Waals surface area contributed by atoms with Crippen LogP contribution in [0.15, 0.2) is 18.2 Å². The predicted molar refractivity (Wildman–Crippen MR) is 59.2 cm³/mol. The summed E-state index contributed by atoms with van der Waals surface area (Å²) >= 11 is 0. The Morgan fingerprint density at radius 2 is 2.00 bits per heavy atom. The molecule has 1 aromatic carbocycles. The van der Waals surface area contributed by atoms with E-state index < -0.39 is 0 Å². The number of ketones is 1. The number of halogens is 1. The molecule has 16 heavy (non-hydrogen) atoms. The summed E-state index contributed by atoms with van der Waals surface area (Å²) in [7, 11) is 1.46. The number of rotatable bonds is 2. The summed E-state index contributed by atoms with van der Waals surface area (Å²) in [5, 5.41) is 0. The van der Waals surface area contributed by atoms with Crippen LogP contribution in [0.2, 0.25) is 0 Å². The molecule has 1 saturated carbocycles. The molecule has 86 valence electrons. The quantitative estimate of drug-likeness (QED) is 0.768. The summed E-state index contributed by atoms with van der Waals surface area (Å²) in [6, 6.07) is 5.07. The average Bonchev–Trinajstić information content (AvgIpc) is 2.30. The molecule has 2 nitrogen and oxygen atoms in total. The maximum Gasteiger partial charge on any atom is 0.165 e. The van der Waals surface area contributed by atoms with Crippen LogP contribution >= 0.6 is 0 Å². The lowest BCUT2D eigenvalue weighted by Gasteiger charge is -2.21. The van der Waals surface area contributed by atoms with Crippen molar-refractivity contribution in [1.29, 1.82) is 0 Å². The molecule has 0 radical (unpaired) electrons.